The Morgan fingerprint density at radius 2 is 1.79 bits per heavy atom. The molecule has 0 heterocycles. The van der Waals surface area contributed by atoms with Gasteiger partial charge in [-0.15, -0.1) is 0 Å². The zero-order valence-electron chi connectivity index (χ0n) is 8.30. The maximum Gasteiger partial charge on any atom is 0.414 e. The van der Waals surface area contributed by atoms with E-state index in [-0.39, 0.29) is 0 Å². The highest BCUT2D eigenvalue weighted by molar-refractivity contribution is 6.58. The number of carbonyl (C=O) groups excluding carboxylic acids is 2. The molecule has 0 spiro atoms. The average Bonchev–Trinajstić information content (AvgIpc) is 1.77. The van der Waals surface area contributed by atoms with E-state index >= 15 is 0 Å². The molecule has 0 unspecified atom stereocenters. The van der Waals surface area contributed by atoms with Gasteiger partial charge in [0.2, 0.25) is 13.8 Å². The number of nitrogens with one attached hydrogen (secondary N) is 3. The van der Waals surface area contributed by atoms with Gasteiger partial charge in [0.15, 0.2) is 5.81 Å². The van der Waals surface area contributed by atoms with Gasteiger partial charge < -0.3 is 10.1 Å². The summed E-state index contributed by atoms with van der Waals surface area (Å²) in [5.41, 5.74) is -0.656. The first-order valence-corrected chi connectivity index (χ1v) is 3.86. The Hall–Kier alpha value is -1.53. The molecule has 0 aliphatic carbocycles. The molecule has 14 heavy (non-hydrogen) atoms. The highest BCUT2D eigenvalue weighted by Gasteiger charge is 2.16. The maximum absolute atomic E-state index is 11.0. The second-order valence-electron chi connectivity index (χ2n) is 3.49. The fourth-order valence-corrected chi connectivity index (χ4v) is 0.560. The second kappa shape index (κ2) is 4.64. The number of ether oxygens (including phenoxy) is 1. The van der Waals surface area contributed by atoms with E-state index < -0.39 is 23.5 Å². The topological polar surface area (TPSA) is 91.3 Å². The Morgan fingerprint density at radius 1 is 1.29 bits per heavy atom. The van der Waals surface area contributed by atoms with Crippen LogP contribution in [-0.4, -0.2) is 31.3 Å². The average molecular weight is 197 g/mol. The predicted octanol–water partition coefficient (Wildman–Crippen LogP) is 0.324. The van der Waals surface area contributed by atoms with Crippen LogP contribution in [0.4, 0.5) is 9.59 Å². The Morgan fingerprint density at radius 3 is 2.14 bits per heavy atom. The summed E-state index contributed by atoms with van der Waals surface area (Å²) >= 11 is 0. The zero-order chi connectivity index (χ0) is 11.4. The molecule has 0 aliphatic heterocycles. The van der Waals surface area contributed by atoms with Gasteiger partial charge in [-0.1, -0.05) is 0 Å². The summed E-state index contributed by atoms with van der Waals surface area (Å²) in [7, 11) is 4.71. The van der Waals surface area contributed by atoms with Crippen molar-refractivity contribution in [1.82, 2.24) is 10.6 Å². The lowest BCUT2D eigenvalue weighted by Gasteiger charge is -2.19. The molecule has 0 aromatic rings. The SMILES string of the molecule is [B]C(=O)NC(=N)NC(=O)OC(C)(C)C. The fraction of sp³-hybridized carbons (Fsp3) is 0.571. The third-order valence-corrected chi connectivity index (χ3v) is 0.874. The van der Waals surface area contributed by atoms with Gasteiger partial charge in [0.1, 0.15) is 5.60 Å². The van der Waals surface area contributed by atoms with Crippen molar-refractivity contribution in [2.24, 2.45) is 0 Å². The van der Waals surface area contributed by atoms with Crippen LogP contribution in [0.2, 0.25) is 0 Å². The lowest BCUT2D eigenvalue weighted by Crippen LogP contribution is -2.44. The molecule has 76 valence electrons. The monoisotopic (exact) mass is 197 g/mol. The van der Waals surface area contributed by atoms with Crippen LogP contribution in [0.5, 0.6) is 0 Å². The van der Waals surface area contributed by atoms with Gasteiger partial charge in [0, 0.05) is 0 Å². The van der Waals surface area contributed by atoms with Crippen molar-refractivity contribution in [1.29, 1.82) is 5.41 Å². The van der Waals surface area contributed by atoms with Crippen LogP contribution in [0.15, 0.2) is 0 Å². The normalized spacial score (nSPS) is 10.2. The molecule has 2 amide bonds. The van der Waals surface area contributed by atoms with Gasteiger partial charge in [0.25, 0.3) is 0 Å². The molecule has 0 aliphatic rings. The van der Waals surface area contributed by atoms with Crippen LogP contribution in [0.25, 0.3) is 0 Å². The predicted molar refractivity (Wildman–Crippen MR) is 51.4 cm³/mol. The Kier molecular flexibility index (Phi) is 4.13. The standard InChI is InChI=1S/C7H12BN3O3/c1-7(2,3)14-6(13)11-5(9)10-4(8)12/h1-3H3,(H3,9,10,11,12,13). The van der Waals surface area contributed by atoms with Gasteiger partial charge in [0.05, 0.1) is 0 Å². The number of amides is 2. The molecule has 0 aromatic carbocycles. The van der Waals surface area contributed by atoms with Crippen molar-refractivity contribution in [2.75, 3.05) is 0 Å². The number of guanidine groups is 1. The summed E-state index contributed by atoms with van der Waals surface area (Å²) in [5, 5.41) is 10.9. The molecule has 6 nitrogen and oxygen atoms in total. The van der Waals surface area contributed by atoms with Gasteiger partial charge in [-0.05, 0) is 20.8 Å². The Bertz CT molecular complexity index is 259. The first-order chi connectivity index (χ1) is 6.20. The van der Waals surface area contributed by atoms with Crippen LogP contribution in [0, 0.1) is 5.41 Å². The van der Waals surface area contributed by atoms with Crippen molar-refractivity contribution in [3.63, 3.8) is 0 Å². The molecule has 0 aromatic heterocycles. The maximum atomic E-state index is 11.0. The zero-order valence-corrected chi connectivity index (χ0v) is 8.30. The smallest absolute Gasteiger partial charge is 0.414 e. The van der Waals surface area contributed by atoms with Crippen LogP contribution in [0.3, 0.4) is 0 Å². The second-order valence-corrected chi connectivity index (χ2v) is 3.49. The largest absolute Gasteiger partial charge is 0.444 e. The van der Waals surface area contributed by atoms with Gasteiger partial charge in [-0.3, -0.25) is 15.5 Å². The van der Waals surface area contributed by atoms with Gasteiger partial charge in [-0.25, -0.2) is 4.79 Å². The van der Waals surface area contributed by atoms with Crippen molar-refractivity contribution >= 4 is 25.7 Å². The molecule has 0 atom stereocenters. The molecule has 7 heteroatoms. The number of alkyl carbamates (subject to hydrolysis) is 1. The number of hydrogen-bond donors (Lipinski definition) is 3. The third kappa shape index (κ3) is 7.14. The summed E-state index contributed by atoms with van der Waals surface area (Å²) < 4.78 is 4.81. The van der Waals surface area contributed by atoms with E-state index in [9.17, 15) is 9.59 Å². The van der Waals surface area contributed by atoms with E-state index in [2.05, 4.69) is 0 Å². The molecule has 0 fully saturated rings. The van der Waals surface area contributed by atoms with E-state index in [0.29, 0.717) is 0 Å². The summed E-state index contributed by atoms with van der Waals surface area (Å²) in [4.78, 5) is 21.2. The van der Waals surface area contributed by atoms with E-state index in [1.807, 2.05) is 10.6 Å². The van der Waals surface area contributed by atoms with E-state index in [1.165, 1.54) is 0 Å². The molecule has 0 saturated carbocycles. The van der Waals surface area contributed by atoms with Gasteiger partial charge >= 0.3 is 6.09 Å². The first kappa shape index (κ1) is 12.5. The number of hydrogen-bond acceptors (Lipinski definition) is 4. The lowest BCUT2D eigenvalue weighted by atomic mass is 10.1. The lowest BCUT2D eigenvalue weighted by molar-refractivity contribution is 0.0561. The number of rotatable bonds is 0. The quantitative estimate of drug-likeness (QED) is 0.296. The molecule has 0 bridgehead atoms. The molecular weight excluding hydrogens is 185 g/mol. The summed E-state index contributed by atoms with van der Waals surface area (Å²) in [6.45, 7) is 5.03. The fourth-order valence-electron chi connectivity index (χ4n) is 0.560. The van der Waals surface area contributed by atoms with Crippen LogP contribution in [-0.2, 0) is 4.74 Å². The van der Waals surface area contributed by atoms with Crippen LogP contribution >= 0.6 is 0 Å². The van der Waals surface area contributed by atoms with Gasteiger partial charge in [-0.2, -0.15) is 0 Å². The molecule has 0 rings (SSSR count). The molecule has 0 saturated heterocycles. The third-order valence-electron chi connectivity index (χ3n) is 0.874. The minimum Gasteiger partial charge on any atom is -0.444 e. The minimum absolute atomic E-state index is 0.522. The van der Waals surface area contributed by atoms with Crippen LogP contribution in [0.1, 0.15) is 20.8 Å². The van der Waals surface area contributed by atoms with E-state index in [1.54, 1.807) is 20.8 Å². The van der Waals surface area contributed by atoms with Crippen molar-refractivity contribution in [2.45, 2.75) is 26.4 Å². The van der Waals surface area contributed by atoms with Crippen LogP contribution < -0.4 is 10.6 Å². The van der Waals surface area contributed by atoms with Crippen molar-refractivity contribution in [3.05, 3.63) is 0 Å². The number of carbonyl (C=O) groups is 2. The van der Waals surface area contributed by atoms with Crippen molar-refractivity contribution < 1.29 is 14.3 Å². The highest BCUT2D eigenvalue weighted by atomic mass is 16.6. The summed E-state index contributed by atoms with van der Waals surface area (Å²) in [5.74, 6) is -1.45. The highest BCUT2D eigenvalue weighted by Crippen LogP contribution is 2.05. The Labute approximate surface area is 83.3 Å². The summed E-state index contributed by atoms with van der Waals surface area (Å²) in [6.07, 6.45) is -0.823. The minimum atomic E-state index is -0.925. The van der Waals surface area contributed by atoms with Crippen molar-refractivity contribution in [3.8, 4) is 0 Å². The van der Waals surface area contributed by atoms with E-state index in [0.717, 1.165) is 0 Å². The molecule has 2 radical (unpaired) electrons. The summed E-state index contributed by atoms with van der Waals surface area (Å²) in [6, 6.07) is 0. The Balaban J connectivity index is 3.96. The first-order valence-electron chi connectivity index (χ1n) is 3.86. The van der Waals surface area contributed by atoms with E-state index in [4.69, 9.17) is 18.0 Å². The molecular formula is C7H12BN3O3. The molecule has 3 N–H and O–H groups in total.